The standard InChI is InChI=1S/C20H22N4O2S/c1-15(2)13-24-14-17(19-7-4-9-22-20(19)24)8-10-23-27(25,26)18-6-3-5-16(11-18)12-21/h3-7,9,11,14-15,23H,8,10,13H2,1-2H3. The Labute approximate surface area is 159 Å². The fourth-order valence-corrected chi connectivity index (χ4v) is 4.14. The van der Waals surface area contributed by atoms with Crippen LogP contribution in [0, 0.1) is 17.2 Å². The van der Waals surface area contributed by atoms with Gasteiger partial charge in [-0.3, -0.25) is 0 Å². The lowest BCUT2D eigenvalue weighted by Gasteiger charge is -2.07. The van der Waals surface area contributed by atoms with Crippen LogP contribution in [-0.2, 0) is 23.0 Å². The van der Waals surface area contributed by atoms with Gasteiger partial charge in [-0.05, 0) is 48.2 Å². The highest BCUT2D eigenvalue weighted by Crippen LogP contribution is 2.21. The van der Waals surface area contributed by atoms with Crippen LogP contribution in [0.3, 0.4) is 0 Å². The van der Waals surface area contributed by atoms with E-state index in [2.05, 4.69) is 34.3 Å². The van der Waals surface area contributed by atoms with Crippen LogP contribution in [0.15, 0.2) is 53.7 Å². The summed E-state index contributed by atoms with van der Waals surface area (Å²) in [6.45, 7) is 5.44. The summed E-state index contributed by atoms with van der Waals surface area (Å²) in [5.74, 6) is 0.487. The number of hydrogen-bond acceptors (Lipinski definition) is 4. The van der Waals surface area contributed by atoms with Crippen molar-refractivity contribution in [2.45, 2.75) is 31.7 Å². The summed E-state index contributed by atoms with van der Waals surface area (Å²) < 4.78 is 29.7. The average molecular weight is 382 g/mol. The number of rotatable bonds is 7. The lowest BCUT2D eigenvalue weighted by Crippen LogP contribution is -2.26. The van der Waals surface area contributed by atoms with Crippen LogP contribution < -0.4 is 4.72 Å². The molecule has 0 saturated carbocycles. The monoisotopic (exact) mass is 382 g/mol. The van der Waals surface area contributed by atoms with Crippen LogP contribution in [0.25, 0.3) is 11.0 Å². The predicted molar refractivity (Wildman–Crippen MR) is 105 cm³/mol. The van der Waals surface area contributed by atoms with E-state index in [1.54, 1.807) is 18.3 Å². The second-order valence-corrected chi connectivity index (χ2v) is 8.63. The Morgan fingerprint density at radius 3 is 2.81 bits per heavy atom. The van der Waals surface area contributed by atoms with Gasteiger partial charge in [0.25, 0.3) is 0 Å². The van der Waals surface area contributed by atoms with Gasteiger partial charge < -0.3 is 4.57 Å². The SMILES string of the molecule is CC(C)Cn1cc(CCNS(=O)(=O)c2cccc(C#N)c2)c2cccnc21. The molecule has 2 heterocycles. The van der Waals surface area contributed by atoms with Crippen LogP contribution in [0.4, 0.5) is 0 Å². The number of aromatic nitrogens is 2. The third kappa shape index (κ3) is 4.35. The normalized spacial score (nSPS) is 11.8. The van der Waals surface area contributed by atoms with E-state index in [1.165, 1.54) is 12.1 Å². The van der Waals surface area contributed by atoms with Crippen molar-refractivity contribution in [3.63, 3.8) is 0 Å². The summed E-state index contributed by atoms with van der Waals surface area (Å²) in [5, 5.41) is 9.99. The lowest BCUT2D eigenvalue weighted by atomic mass is 10.2. The second-order valence-electron chi connectivity index (χ2n) is 6.86. The zero-order valence-electron chi connectivity index (χ0n) is 15.4. The highest BCUT2D eigenvalue weighted by molar-refractivity contribution is 7.89. The van der Waals surface area contributed by atoms with Crippen molar-refractivity contribution in [1.82, 2.24) is 14.3 Å². The molecule has 0 aliphatic heterocycles. The predicted octanol–water partition coefficient (Wildman–Crippen LogP) is 3.08. The van der Waals surface area contributed by atoms with E-state index in [0.717, 1.165) is 23.1 Å². The average Bonchev–Trinajstić information content (AvgIpc) is 2.99. The van der Waals surface area contributed by atoms with Crippen LogP contribution >= 0.6 is 0 Å². The van der Waals surface area contributed by atoms with E-state index < -0.39 is 10.0 Å². The first-order chi connectivity index (χ1) is 12.9. The third-order valence-corrected chi connectivity index (χ3v) is 5.70. The lowest BCUT2D eigenvalue weighted by molar-refractivity contribution is 0.532. The molecule has 2 aromatic heterocycles. The Morgan fingerprint density at radius 1 is 1.26 bits per heavy atom. The minimum Gasteiger partial charge on any atom is -0.332 e. The first-order valence-corrected chi connectivity index (χ1v) is 10.3. The molecule has 1 aromatic carbocycles. The maximum atomic E-state index is 12.5. The van der Waals surface area contributed by atoms with Gasteiger partial charge in [0, 0.05) is 30.9 Å². The summed E-state index contributed by atoms with van der Waals surface area (Å²) >= 11 is 0. The van der Waals surface area contributed by atoms with Crippen LogP contribution in [0.5, 0.6) is 0 Å². The summed E-state index contributed by atoms with van der Waals surface area (Å²) in [7, 11) is -3.65. The molecule has 6 nitrogen and oxygen atoms in total. The molecule has 0 aliphatic rings. The van der Waals surface area contributed by atoms with Crippen LogP contribution in [0.2, 0.25) is 0 Å². The molecule has 0 saturated heterocycles. The third-order valence-electron chi connectivity index (χ3n) is 4.24. The van der Waals surface area contributed by atoms with Gasteiger partial charge in [-0.2, -0.15) is 5.26 Å². The molecular weight excluding hydrogens is 360 g/mol. The number of hydrogen-bond donors (Lipinski definition) is 1. The zero-order valence-corrected chi connectivity index (χ0v) is 16.2. The van der Waals surface area contributed by atoms with Crippen molar-refractivity contribution >= 4 is 21.1 Å². The molecule has 140 valence electrons. The number of nitrogens with zero attached hydrogens (tertiary/aromatic N) is 3. The Bertz CT molecular complexity index is 1090. The van der Waals surface area contributed by atoms with E-state index >= 15 is 0 Å². The first kappa shape index (κ1) is 19.1. The Morgan fingerprint density at radius 2 is 2.07 bits per heavy atom. The van der Waals surface area contributed by atoms with Gasteiger partial charge >= 0.3 is 0 Å². The highest BCUT2D eigenvalue weighted by atomic mass is 32.2. The molecule has 1 N–H and O–H groups in total. The van der Waals surface area contributed by atoms with Crippen molar-refractivity contribution in [3.05, 3.63) is 59.9 Å². The molecule has 0 amide bonds. The summed E-state index contributed by atoms with van der Waals surface area (Å²) in [5.41, 5.74) is 2.30. The number of fused-ring (bicyclic) bond motifs is 1. The minimum atomic E-state index is -3.65. The summed E-state index contributed by atoms with van der Waals surface area (Å²) in [6.07, 6.45) is 4.39. The smallest absolute Gasteiger partial charge is 0.240 e. The van der Waals surface area contributed by atoms with E-state index in [1.807, 2.05) is 18.2 Å². The van der Waals surface area contributed by atoms with E-state index in [0.29, 0.717) is 17.9 Å². The number of benzene rings is 1. The largest absolute Gasteiger partial charge is 0.332 e. The van der Waals surface area contributed by atoms with Crippen molar-refractivity contribution in [2.75, 3.05) is 6.54 Å². The molecule has 0 spiro atoms. The minimum absolute atomic E-state index is 0.102. The van der Waals surface area contributed by atoms with E-state index in [4.69, 9.17) is 5.26 Å². The van der Waals surface area contributed by atoms with Crippen LogP contribution in [-0.4, -0.2) is 24.5 Å². The highest BCUT2D eigenvalue weighted by Gasteiger charge is 2.15. The maximum absolute atomic E-state index is 12.5. The number of pyridine rings is 1. The molecule has 0 atom stereocenters. The van der Waals surface area contributed by atoms with Gasteiger partial charge in [0.1, 0.15) is 5.65 Å². The summed E-state index contributed by atoms with van der Waals surface area (Å²) in [4.78, 5) is 4.57. The Balaban J connectivity index is 1.76. The molecular formula is C20H22N4O2S. The quantitative estimate of drug-likeness (QED) is 0.680. The molecule has 7 heteroatoms. The van der Waals surface area contributed by atoms with Gasteiger partial charge in [0.15, 0.2) is 0 Å². The van der Waals surface area contributed by atoms with Crippen LogP contribution in [0.1, 0.15) is 25.0 Å². The molecule has 0 radical (unpaired) electrons. The molecule has 3 aromatic rings. The zero-order chi connectivity index (χ0) is 19.4. The van der Waals surface area contributed by atoms with E-state index in [-0.39, 0.29) is 11.4 Å². The molecule has 27 heavy (non-hydrogen) atoms. The molecule has 0 aliphatic carbocycles. The van der Waals surface area contributed by atoms with Gasteiger partial charge in [0.05, 0.1) is 16.5 Å². The van der Waals surface area contributed by atoms with Crippen molar-refractivity contribution < 1.29 is 8.42 Å². The fraction of sp³-hybridized carbons (Fsp3) is 0.300. The Hall–Kier alpha value is -2.69. The van der Waals surface area contributed by atoms with Gasteiger partial charge in [0.2, 0.25) is 10.0 Å². The fourth-order valence-electron chi connectivity index (χ4n) is 3.06. The molecule has 0 bridgehead atoms. The Kier molecular flexibility index (Phi) is 5.59. The number of nitriles is 1. The summed E-state index contributed by atoms with van der Waals surface area (Å²) in [6, 6.07) is 11.9. The van der Waals surface area contributed by atoms with Gasteiger partial charge in [-0.25, -0.2) is 18.1 Å². The molecule has 3 rings (SSSR count). The van der Waals surface area contributed by atoms with Gasteiger partial charge in [-0.1, -0.05) is 19.9 Å². The van der Waals surface area contributed by atoms with Crippen molar-refractivity contribution in [2.24, 2.45) is 5.92 Å². The van der Waals surface area contributed by atoms with Crippen molar-refractivity contribution in [1.29, 1.82) is 5.26 Å². The molecule has 0 fully saturated rings. The van der Waals surface area contributed by atoms with E-state index in [9.17, 15) is 8.42 Å². The van der Waals surface area contributed by atoms with Gasteiger partial charge in [-0.15, -0.1) is 0 Å². The van der Waals surface area contributed by atoms with Crippen molar-refractivity contribution in [3.8, 4) is 6.07 Å². The topological polar surface area (TPSA) is 87.8 Å². The first-order valence-electron chi connectivity index (χ1n) is 8.83. The molecule has 0 unspecified atom stereocenters. The number of nitrogens with one attached hydrogen (secondary N) is 1. The number of sulfonamides is 1. The second kappa shape index (κ2) is 7.91. The maximum Gasteiger partial charge on any atom is 0.240 e.